The molecule has 2 rings (SSSR count). The molecule has 0 saturated heterocycles. The van der Waals surface area contributed by atoms with Gasteiger partial charge in [-0.2, -0.15) is 0 Å². The molecule has 5 heteroatoms. The molecule has 0 fully saturated rings. The molecule has 0 amide bonds. The molecule has 0 unspecified atom stereocenters. The summed E-state index contributed by atoms with van der Waals surface area (Å²) in [5, 5.41) is 0. The van der Waals surface area contributed by atoms with Crippen LogP contribution in [-0.2, 0) is 20.2 Å². The molecular formula is C15H19NO3S. The molecule has 0 radical (unpaired) electrons. The molecule has 0 bridgehead atoms. The fourth-order valence-electron chi connectivity index (χ4n) is 2.13. The third kappa shape index (κ3) is 2.58. The number of ether oxygens (including phenoxy) is 1. The Kier molecular flexibility index (Phi) is 3.65. The van der Waals surface area contributed by atoms with E-state index in [2.05, 4.69) is 6.58 Å². The van der Waals surface area contributed by atoms with Crippen LogP contribution in [0.3, 0.4) is 0 Å². The van der Waals surface area contributed by atoms with Crippen LogP contribution in [0.1, 0.15) is 18.1 Å². The van der Waals surface area contributed by atoms with Crippen molar-refractivity contribution in [1.29, 1.82) is 0 Å². The van der Waals surface area contributed by atoms with Gasteiger partial charge in [0.15, 0.2) is 0 Å². The molecular weight excluding hydrogens is 274 g/mol. The molecule has 1 heterocycles. The van der Waals surface area contributed by atoms with Crippen LogP contribution < -0.4 is 0 Å². The second kappa shape index (κ2) is 4.98. The highest BCUT2D eigenvalue weighted by atomic mass is 32.2. The first-order chi connectivity index (χ1) is 9.28. The van der Waals surface area contributed by atoms with Gasteiger partial charge in [0.2, 0.25) is 15.9 Å². The molecule has 0 aliphatic carbocycles. The quantitative estimate of drug-likeness (QED) is 0.804. The van der Waals surface area contributed by atoms with Gasteiger partial charge in [-0.15, -0.1) is 6.58 Å². The fraction of sp³-hybridized carbons (Fsp3) is 0.333. The van der Waals surface area contributed by atoms with Crippen molar-refractivity contribution in [1.82, 2.24) is 4.31 Å². The summed E-state index contributed by atoms with van der Waals surface area (Å²) in [6, 6.07) is 7.84. The van der Waals surface area contributed by atoms with Gasteiger partial charge in [0, 0.05) is 18.5 Å². The van der Waals surface area contributed by atoms with Crippen LogP contribution in [0.15, 0.2) is 42.8 Å². The van der Waals surface area contributed by atoms with E-state index in [9.17, 15) is 8.42 Å². The first kappa shape index (κ1) is 14.7. The lowest BCUT2D eigenvalue weighted by atomic mass is 9.81. The smallest absolute Gasteiger partial charge is 0.234 e. The van der Waals surface area contributed by atoms with E-state index < -0.39 is 10.0 Å². The largest absolute Gasteiger partial charge is 0.477 e. The van der Waals surface area contributed by atoms with E-state index in [-0.39, 0.29) is 5.41 Å². The molecule has 1 aromatic carbocycles. The average Bonchev–Trinajstić information content (AvgIpc) is 2.55. The number of fused-ring (bicyclic) bond motifs is 1. The van der Waals surface area contributed by atoms with Crippen LogP contribution in [0, 0.1) is 0 Å². The van der Waals surface area contributed by atoms with Crippen molar-refractivity contribution in [3.8, 4) is 0 Å². The Morgan fingerprint density at radius 1 is 1.40 bits per heavy atom. The van der Waals surface area contributed by atoms with Crippen LogP contribution in [0.5, 0.6) is 0 Å². The minimum atomic E-state index is -3.35. The van der Waals surface area contributed by atoms with Crippen molar-refractivity contribution in [2.24, 2.45) is 0 Å². The Balaban J connectivity index is 2.55. The standard InChI is InChI=1S/C15H19NO3S/c1-5-15(2)11-19-14(16(3)20(4,17)18)10-12-8-6-7-9-13(12)15/h5-10H,1,11H2,2-4H3/t15-/m1/s1. The first-order valence-electron chi connectivity index (χ1n) is 6.29. The Hall–Kier alpha value is -1.75. The van der Waals surface area contributed by atoms with E-state index in [4.69, 9.17) is 4.74 Å². The highest BCUT2D eigenvalue weighted by Crippen LogP contribution is 2.34. The topological polar surface area (TPSA) is 46.6 Å². The van der Waals surface area contributed by atoms with Crippen LogP contribution in [0.2, 0.25) is 0 Å². The molecule has 1 aliphatic rings. The van der Waals surface area contributed by atoms with Crippen LogP contribution in [0.4, 0.5) is 0 Å². The lowest BCUT2D eigenvalue weighted by molar-refractivity contribution is 0.137. The summed E-state index contributed by atoms with van der Waals surface area (Å²) in [5.74, 6) is 0.325. The number of hydrogen-bond acceptors (Lipinski definition) is 3. The van der Waals surface area contributed by atoms with E-state index in [0.29, 0.717) is 12.5 Å². The normalized spacial score (nSPS) is 22.1. The Bertz CT molecular complexity index is 663. The Labute approximate surface area is 120 Å². The molecule has 1 aromatic rings. The Morgan fingerprint density at radius 3 is 2.65 bits per heavy atom. The van der Waals surface area contributed by atoms with Gasteiger partial charge in [0.05, 0.1) is 6.26 Å². The zero-order valence-corrected chi connectivity index (χ0v) is 12.8. The maximum atomic E-state index is 11.7. The third-order valence-electron chi connectivity index (χ3n) is 3.63. The van der Waals surface area contributed by atoms with Crippen molar-refractivity contribution in [2.75, 3.05) is 19.9 Å². The van der Waals surface area contributed by atoms with Gasteiger partial charge >= 0.3 is 0 Å². The highest BCUT2D eigenvalue weighted by molar-refractivity contribution is 7.88. The molecule has 1 atom stereocenters. The van der Waals surface area contributed by atoms with Gasteiger partial charge < -0.3 is 4.74 Å². The van der Waals surface area contributed by atoms with E-state index in [1.807, 2.05) is 37.3 Å². The molecule has 108 valence electrons. The number of sulfonamides is 1. The van der Waals surface area contributed by atoms with Gasteiger partial charge in [0.25, 0.3) is 0 Å². The van der Waals surface area contributed by atoms with Crippen molar-refractivity contribution in [3.05, 3.63) is 53.9 Å². The van der Waals surface area contributed by atoms with E-state index in [1.165, 1.54) is 7.05 Å². The summed E-state index contributed by atoms with van der Waals surface area (Å²) >= 11 is 0. The summed E-state index contributed by atoms with van der Waals surface area (Å²) in [6.07, 6.45) is 4.74. The number of hydrogen-bond donors (Lipinski definition) is 0. The molecule has 4 nitrogen and oxygen atoms in total. The van der Waals surface area contributed by atoms with E-state index in [1.54, 1.807) is 6.08 Å². The molecule has 0 saturated carbocycles. The van der Waals surface area contributed by atoms with Crippen molar-refractivity contribution < 1.29 is 13.2 Å². The second-order valence-electron chi connectivity index (χ2n) is 5.21. The van der Waals surface area contributed by atoms with Gasteiger partial charge in [-0.1, -0.05) is 30.3 Å². The third-order valence-corrected chi connectivity index (χ3v) is 4.81. The lowest BCUT2D eigenvalue weighted by Gasteiger charge is -2.27. The summed E-state index contributed by atoms with van der Waals surface area (Å²) in [7, 11) is -1.86. The van der Waals surface area contributed by atoms with Gasteiger partial charge in [-0.3, -0.25) is 0 Å². The first-order valence-corrected chi connectivity index (χ1v) is 8.14. The van der Waals surface area contributed by atoms with Gasteiger partial charge in [-0.25, -0.2) is 12.7 Å². The summed E-state index contributed by atoms with van der Waals surface area (Å²) in [4.78, 5) is 0. The highest BCUT2D eigenvalue weighted by Gasteiger charge is 2.30. The predicted octanol–water partition coefficient (Wildman–Crippen LogP) is 2.35. The molecule has 0 spiro atoms. The zero-order chi connectivity index (χ0) is 15.0. The monoisotopic (exact) mass is 293 g/mol. The Morgan fingerprint density at radius 2 is 2.05 bits per heavy atom. The summed E-state index contributed by atoms with van der Waals surface area (Å²) in [5.41, 5.74) is 1.66. The minimum Gasteiger partial charge on any atom is -0.477 e. The van der Waals surface area contributed by atoms with Crippen LogP contribution >= 0.6 is 0 Å². The van der Waals surface area contributed by atoms with Crippen LogP contribution in [0.25, 0.3) is 6.08 Å². The predicted molar refractivity (Wildman–Crippen MR) is 80.5 cm³/mol. The number of rotatable bonds is 3. The molecule has 20 heavy (non-hydrogen) atoms. The summed E-state index contributed by atoms with van der Waals surface area (Å²) in [6.45, 7) is 6.25. The molecule has 1 aliphatic heterocycles. The lowest BCUT2D eigenvalue weighted by Crippen LogP contribution is -2.29. The summed E-state index contributed by atoms with van der Waals surface area (Å²) < 4.78 is 30.2. The fourth-order valence-corrected chi connectivity index (χ4v) is 2.57. The SMILES string of the molecule is C=C[C@]1(C)COC(N(C)S(C)(=O)=O)=Cc2ccccc21. The van der Waals surface area contributed by atoms with Crippen molar-refractivity contribution >= 4 is 16.1 Å². The average molecular weight is 293 g/mol. The maximum absolute atomic E-state index is 11.7. The van der Waals surface area contributed by atoms with E-state index >= 15 is 0 Å². The number of benzene rings is 1. The van der Waals surface area contributed by atoms with Gasteiger partial charge in [-0.05, 0) is 18.1 Å². The molecule has 0 N–H and O–H groups in total. The van der Waals surface area contributed by atoms with E-state index in [0.717, 1.165) is 21.7 Å². The molecule has 0 aromatic heterocycles. The number of nitrogens with zero attached hydrogens (tertiary/aromatic N) is 1. The maximum Gasteiger partial charge on any atom is 0.234 e. The van der Waals surface area contributed by atoms with Crippen molar-refractivity contribution in [2.45, 2.75) is 12.3 Å². The minimum absolute atomic E-state index is 0.325. The van der Waals surface area contributed by atoms with Crippen molar-refractivity contribution in [3.63, 3.8) is 0 Å². The van der Waals surface area contributed by atoms with Gasteiger partial charge in [0.1, 0.15) is 6.61 Å². The zero-order valence-electron chi connectivity index (χ0n) is 12.0. The van der Waals surface area contributed by atoms with Crippen LogP contribution in [-0.4, -0.2) is 32.6 Å². The second-order valence-corrected chi connectivity index (χ2v) is 7.22.